The summed E-state index contributed by atoms with van der Waals surface area (Å²) in [6.07, 6.45) is 0. The van der Waals surface area contributed by atoms with Gasteiger partial charge >= 0.3 is 0 Å². The molecule has 0 aromatic heterocycles. The Balaban J connectivity index is 0.00000264. The molecule has 2 rings (SSSR count). The summed E-state index contributed by atoms with van der Waals surface area (Å²) in [6.45, 7) is 4.68. The lowest BCUT2D eigenvalue weighted by Crippen LogP contribution is -2.35. The van der Waals surface area contributed by atoms with Gasteiger partial charge in [0.05, 0.1) is 4.90 Å². The van der Waals surface area contributed by atoms with Crippen molar-refractivity contribution in [1.82, 2.24) is 4.31 Å². The monoisotopic (exact) mass is 354 g/mol. The summed E-state index contributed by atoms with van der Waals surface area (Å²) in [5.41, 5.74) is 8.37. The van der Waals surface area contributed by atoms with E-state index >= 15 is 0 Å². The molecule has 0 amide bonds. The van der Waals surface area contributed by atoms with E-state index < -0.39 is 10.0 Å². The molecule has 0 radical (unpaired) electrons. The van der Waals surface area contributed by atoms with Gasteiger partial charge in [0, 0.05) is 19.6 Å². The third kappa shape index (κ3) is 4.78. The van der Waals surface area contributed by atoms with Gasteiger partial charge in [-0.25, -0.2) is 8.42 Å². The number of aryl methyl sites for hydroxylation is 2. The molecule has 0 bridgehead atoms. The number of sulfonamides is 1. The van der Waals surface area contributed by atoms with Crippen LogP contribution in [0.2, 0.25) is 0 Å². The molecule has 0 aliphatic rings. The summed E-state index contributed by atoms with van der Waals surface area (Å²) in [4.78, 5) is 0.350. The Labute approximate surface area is 144 Å². The molecular formula is C17H23ClN2O2S. The summed E-state index contributed by atoms with van der Waals surface area (Å²) in [5.74, 6) is 0. The molecule has 0 unspecified atom stereocenters. The highest BCUT2D eigenvalue weighted by atomic mass is 35.5. The summed E-state index contributed by atoms with van der Waals surface area (Å²) in [6, 6.07) is 14.9. The zero-order valence-corrected chi connectivity index (χ0v) is 15.0. The molecule has 0 heterocycles. The zero-order chi connectivity index (χ0) is 16.2. The van der Waals surface area contributed by atoms with E-state index in [0.29, 0.717) is 18.0 Å². The molecule has 0 saturated heterocycles. The molecular weight excluding hydrogens is 332 g/mol. The number of benzene rings is 2. The highest BCUT2D eigenvalue weighted by molar-refractivity contribution is 7.89. The largest absolute Gasteiger partial charge is 0.329 e. The van der Waals surface area contributed by atoms with Gasteiger partial charge in [-0.1, -0.05) is 48.0 Å². The van der Waals surface area contributed by atoms with Gasteiger partial charge in [0.15, 0.2) is 0 Å². The van der Waals surface area contributed by atoms with Crippen LogP contribution >= 0.6 is 12.4 Å². The van der Waals surface area contributed by atoms with Gasteiger partial charge in [-0.3, -0.25) is 0 Å². The topological polar surface area (TPSA) is 63.4 Å². The maximum absolute atomic E-state index is 12.9. The van der Waals surface area contributed by atoms with Crippen molar-refractivity contribution in [2.75, 3.05) is 13.1 Å². The second-order valence-corrected chi connectivity index (χ2v) is 7.29. The highest BCUT2D eigenvalue weighted by Gasteiger charge is 2.25. The molecule has 23 heavy (non-hydrogen) atoms. The Hall–Kier alpha value is -1.40. The number of rotatable bonds is 6. The molecule has 0 aliphatic carbocycles. The average molecular weight is 355 g/mol. The lowest BCUT2D eigenvalue weighted by Gasteiger charge is -2.23. The Morgan fingerprint density at radius 1 is 1.04 bits per heavy atom. The first kappa shape index (κ1) is 19.6. The van der Waals surface area contributed by atoms with Crippen molar-refractivity contribution in [3.05, 3.63) is 65.2 Å². The van der Waals surface area contributed by atoms with Crippen LogP contribution in [0.25, 0.3) is 0 Å². The van der Waals surface area contributed by atoms with E-state index in [2.05, 4.69) is 0 Å². The minimum absolute atomic E-state index is 0. The molecule has 0 saturated carbocycles. The van der Waals surface area contributed by atoms with E-state index in [1.165, 1.54) is 4.31 Å². The third-order valence-corrected chi connectivity index (χ3v) is 5.53. The number of nitrogens with two attached hydrogens (primary N) is 1. The van der Waals surface area contributed by atoms with Gasteiger partial charge in [-0.05, 0) is 31.0 Å². The minimum Gasteiger partial charge on any atom is -0.329 e. The molecule has 0 aliphatic heterocycles. The first-order valence-corrected chi connectivity index (χ1v) is 8.70. The highest BCUT2D eigenvalue weighted by Crippen LogP contribution is 2.22. The molecule has 0 atom stereocenters. The van der Waals surface area contributed by atoms with Crippen molar-refractivity contribution in [2.45, 2.75) is 25.3 Å². The van der Waals surface area contributed by atoms with E-state index in [0.717, 1.165) is 16.7 Å². The van der Waals surface area contributed by atoms with Crippen LogP contribution in [-0.2, 0) is 16.6 Å². The van der Waals surface area contributed by atoms with Crippen LogP contribution in [0.1, 0.15) is 16.7 Å². The van der Waals surface area contributed by atoms with Crippen LogP contribution in [0.4, 0.5) is 0 Å². The van der Waals surface area contributed by atoms with Crippen LogP contribution in [0.3, 0.4) is 0 Å². The first-order chi connectivity index (χ1) is 10.4. The van der Waals surface area contributed by atoms with Crippen LogP contribution < -0.4 is 5.73 Å². The Bertz CT molecular complexity index is 734. The second-order valence-electron chi connectivity index (χ2n) is 5.38. The summed E-state index contributed by atoms with van der Waals surface area (Å²) < 4.78 is 27.3. The molecule has 6 heteroatoms. The summed E-state index contributed by atoms with van der Waals surface area (Å²) >= 11 is 0. The number of hydrogen-bond donors (Lipinski definition) is 1. The van der Waals surface area contributed by atoms with Crippen molar-refractivity contribution in [1.29, 1.82) is 0 Å². The molecule has 4 nitrogen and oxygen atoms in total. The maximum Gasteiger partial charge on any atom is 0.243 e. The lowest BCUT2D eigenvalue weighted by atomic mass is 10.2. The second kappa shape index (κ2) is 8.45. The van der Waals surface area contributed by atoms with Crippen LogP contribution in [-0.4, -0.2) is 25.8 Å². The molecule has 0 spiro atoms. The molecule has 126 valence electrons. The quantitative estimate of drug-likeness (QED) is 0.867. The predicted molar refractivity (Wildman–Crippen MR) is 96.3 cm³/mol. The standard InChI is InChI=1S/C17H22N2O2S.ClH/c1-14-8-9-17(15(2)12-14)22(20,21)19(11-10-18)13-16-6-4-3-5-7-16;/h3-9,12H,10-11,13,18H2,1-2H3;1H. The third-order valence-electron chi connectivity index (χ3n) is 3.53. The lowest BCUT2D eigenvalue weighted by molar-refractivity contribution is 0.413. The first-order valence-electron chi connectivity index (χ1n) is 7.26. The molecule has 2 aromatic carbocycles. The van der Waals surface area contributed by atoms with Gasteiger partial charge in [0.25, 0.3) is 0 Å². The predicted octanol–water partition coefficient (Wildman–Crippen LogP) is 2.87. The van der Waals surface area contributed by atoms with Gasteiger partial charge in [0.1, 0.15) is 0 Å². The maximum atomic E-state index is 12.9. The normalized spacial score (nSPS) is 11.3. The number of halogens is 1. The van der Waals surface area contributed by atoms with E-state index in [1.807, 2.05) is 56.3 Å². The molecule has 2 aromatic rings. The fourth-order valence-corrected chi connectivity index (χ4v) is 4.09. The van der Waals surface area contributed by atoms with Crippen LogP contribution in [0, 0.1) is 13.8 Å². The smallest absolute Gasteiger partial charge is 0.243 e. The fraction of sp³-hybridized carbons (Fsp3) is 0.294. The van der Waals surface area contributed by atoms with E-state index in [1.54, 1.807) is 6.07 Å². The van der Waals surface area contributed by atoms with Gasteiger partial charge < -0.3 is 5.73 Å². The van der Waals surface area contributed by atoms with Gasteiger partial charge in [-0.2, -0.15) is 4.31 Å². The number of hydrogen-bond acceptors (Lipinski definition) is 3. The van der Waals surface area contributed by atoms with Crippen molar-refractivity contribution < 1.29 is 8.42 Å². The zero-order valence-electron chi connectivity index (χ0n) is 13.4. The van der Waals surface area contributed by atoms with Crippen molar-refractivity contribution in [3.8, 4) is 0 Å². The van der Waals surface area contributed by atoms with Crippen molar-refractivity contribution >= 4 is 22.4 Å². The van der Waals surface area contributed by atoms with E-state index in [4.69, 9.17) is 5.73 Å². The SMILES string of the molecule is Cc1ccc(S(=O)(=O)N(CCN)Cc2ccccc2)c(C)c1.Cl. The summed E-state index contributed by atoms with van der Waals surface area (Å²) in [5, 5.41) is 0. The Morgan fingerprint density at radius 3 is 2.26 bits per heavy atom. The van der Waals surface area contributed by atoms with Crippen LogP contribution in [0.5, 0.6) is 0 Å². The summed E-state index contributed by atoms with van der Waals surface area (Å²) in [7, 11) is -3.56. The fourth-order valence-electron chi connectivity index (χ4n) is 2.44. The van der Waals surface area contributed by atoms with Gasteiger partial charge in [0.2, 0.25) is 10.0 Å². The average Bonchev–Trinajstić information content (AvgIpc) is 2.47. The minimum atomic E-state index is -3.56. The van der Waals surface area contributed by atoms with Crippen molar-refractivity contribution in [2.24, 2.45) is 5.73 Å². The van der Waals surface area contributed by atoms with E-state index in [9.17, 15) is 8.42 Å². The number of nitrogens with zero attached hydrogens (tertiary/aromatic N) is 1. The molecule has 0 fully saturated rings. The van der Waals surface area contributed by atoms with E-state index in [-0.39, 0.29) is 19.0 Å². The van der Waals surface area contributed by atoms with Crippen LogP contribution in [0.15, 0.2) is 53.4 Å². The van der Waals surface area contributed by atoms with Crippen molar-refractivity contribution in [3.63, 3.8) is 0 Å². The Morgan fingerprint density at radius 2 is 1.70 bits per heavy atom. The Kier molecular flexibility index (Phi) is 7.22. The molecule has 2 N–H and O–H groups in total. The van der Waals surface area contributed by atoms with Gasteiger partial charge in [-0.15, -0.1) is 12.4 Å².